The summed E-state index contributed by atoms with van der Waals surface area (Å²) in [7, 11) is 0. The molecular weight excluding hydrogens is 359 g/mol. The van der Waals surface area contributed by atoms with Crippen LogP contribution >= 0.6 is 35.0 Å². The first-order valence-electron chi connectivity index (χ1n) is 6.72. The predicted octanol–water partition coefficient (Wildman–Crippen LogP) is 4.86. The molecule has 0 fully saturated rings. The van der Waals surface area contributed by atoms with Gasteiger partial charge < -0.3 is 13.9 Å². The Morgan fingerprint density at radius 2 is 2.22 bits per heavy atom. The van der Waals surface area contributed by atoms with E-state index in [0.29, 0.717) is 27.6 Å². The predicted molar refractivity (Wildman–Crippen MR) is 89.4 cm³/mol. The van der Waals surface area contributed by atoms with Gasteiger partial charge in [-0.25, -0.2) is 5.01 Å². The smallest absolute Gasteiger partial charge is 0.252 e. The number of furan rings is 1. The molecule has 1 atom stereocenters. The van der Waals surface area contributed by atoms with Crippen molar-refractivity contribution in [2.45, 2.75) is 5.37 Å². The molecule has 23 heavy (non-hydrogen) atoms. The van der Waals surface area contributed by atoms with Crippen LogP contribution in [-0.2, 0) is 4.74 Å². The van der Waals surface area contributed by atoms with Crippen molar-refractivity contribution < 1.29 is 13.9 Å². The van der Waals surface area contributed by atoms with Crippen LogP contribution in [0.4, 0.5) is 0 Å². The first-order chi connectivity index (χ1) is 11.2. The number of thioether (sulfide) groups is 1. The van der Waals surface area contributed by atoms with Crippen LogP contribution in [0.3, 0.4) is 0 Å². The summed E-state index contributed by atoms with van der Waals surface area (Å²) in [6.45, 7) is 0.171. The summed E-state index contributed by atoms with van der Waals surface area (Å²) < 4.78 is 16.8. The molecule has 4 rings (SSSR count). The van der Waals surface area contributed by atoms with E-state index < -0.39 is 0 Å². The number of hydrazone groups is 1. The largest absolute Gasteiger partial charge is 0.482 e. The van der Waals surface area contributed by atoms with Gasteiger partial charge in [0.1, 0.15) is 11.5 Å². The summed E-state index contributed by atoms with van der Waals surface area (Å²) in [5.74, 6) is 2.47. The van der Waals surface area contributed by atoms with Gasteiger partial charge in [-0.15, -0.1) is 5.10 Å². The van der Waals surface area contributed by atoms with E-state index in [9.17, 15) is 0 Å². The third-order valence-electron chi connectivity index (χ3n) is 3.22. The molecule has 0 saturated heterocycles. The lowest BCUT2D eigenvalue weighted by Crippen LogP contribution is -2.12. The number of nitrogens with zero attached hydrogens (tertiary/aromatic N) is 2. The van der Waals surface area contributed by atoms with E-state index >= 15 is 0 Å². The van der Waals surface area contributed by atoms with Crippen molar-refractivity contribution in [2.75, 3.05) is 6.61 Å². The molecule has 2 aliphatic heterocycles. The zero-order valence-corrected chi connectivity index (χ0v) is 13.9. The van der Waals surface area contributed by atoms with E-state index in [1.165, 1.54) is 0 Å². The highest BCUT2D eigenvalue weighted by molar-refractivity contribution is 8.02. The highest BCUT2D eigenvalue weighted by Crippen LogP contribution is 2.45. The van der Waals surface area contributed by atoms with E-state index in [1.807, 2.05) is 17.5 Å². The van der Waals surface area contributed by atoms with Gasteiger partial charge in [0.25, 0.3) is 5.90 Å². The maximum atomic E-state index is 6.07. The van der Waals surface area contributed by atoms with Crippen molar-refractivity contribution in [1.82, 2.24) is 5.01 Å². The van der Waals surface area contributed by atoms with Crippen molar-refractivity contribution in [3.63, 3.8) is 0 Å². The van der Waals surface area contributed by atoms with Crippen LogP contribution in [0.1, 0.15) is 11.1 Å². The number of rotatable bonds is 4. The molecular formula is C15H10Cl2N2O3S. The van der Waals surface area contributed by atoms with E-state index in [1.54, 1.807) is 41.2 Å². The first-order valence-corrected chi connectivity index (χ1v) is 8.42. The zero-order chi connectivity index (χ0) is 15.8. The summed E-state index contributed by atoms with van der Waals surface area (Å²) >= 11 is 13.5. The van der Waals surface area contributed by atoms with Crippen LogP contribution in [0.5, 0.6) is 5.75 Å². The molecule has 2 aromatic rings. The van der Waals surface area contributed by atoms with Gasteiger partial charge in [0.05, 0.1) is 11.3 Å². The quantitative estimate of drug-likeness (QED) is 0.771. The number of hydrogen-bond donors (Lipinski definition) is 0. The minimum atomic E-state index is -0.0587. The van der Waals surface area contributed by atoms with Gasteiger partial charge in [0.15, 0.2) is 12.0 Å². The van der Waals surface area contributed by atoms with Gasteiger partial charge in [-0.1, -0.05) is 35.0 Å². The van der Waals surface area contributed by atoms with Crippen LogP contribution in [0.15, 0.2) is 57.4 Å². The maximum absolute atomic E-state index is 6.07. The van der Waals surface area contributed by atoms with E-state index in [0.717, 1.165) is 5.76 Å². The van der Waals surface area contributed by atoms with E-state index in [-0.39, 0.29) is 12.0 Å². The van der Waals surface area contributed by atoms with Gasteiger partial charge in [-0.05, 0) is 30.3 Å². The van der Waals surface area contributed by atoms with Crippen molar-refractivity contribution in [3.8, 4) is 5.75 Å². The van der Waals surface area contributed by atoms with Crippen LogP contribution in [0.2, 0.25) is 10.0 Å². The Hall–Kier alpha value is -1.76. The number of ether oxygens (including phenoxy) is 2. The fourth-order valence-electron chi connectivity index (χ4n) is 2.19. The molecule has 0 radical (unpaired) electrons. The second kappa shape index (κ2) is 6.03. The second-order valence-corrected chi connectivity index (χ2v) is 6.56. The monoisotopic (exact) mass is 368 g/mol. The van der Waals surface area contributed by atoms with Gasteiger partial charge in [-0.3, -0.25) is 0 Å². The highest BCUT2D eigenvalue weighted by Gasteiger charge is 2.37. The normalized spacial score (nSPS) is 19.2. The van der Waals surface area contributed by atoms with E-state index in [2.05, 4.69) is 5.10 Å². The summed E-state index contributed by atoms with van der Waals surface area (Å²) in [5, 5.41) is 9.05. The van der Waals surface area contributed by atoms with Crippen molar-refractivity contribution in [2.24, 2.45) is 5.10 Å². The summed E-state index contributed by atoms with van der Waals surface area (Å²) in [5.41, 5.74) is 0. The molecule has 0 amide bonds. The highest BCUT2D eigenvalue weighted by atomic mass is 35.5. The summed E-state index contributed by atoms with van der Waals surface area (Å²) in [4.78, 5) is 0. The third kappa shape index (κ3) is 2.89. The average Bonchev–Trinajstić information content (AvgIpc) is 3.22. The number of fused-ring (bicyclic) bond motifs is 1. The molecule has 2 aliphatic rings. The summed E-state index contributed by atoms with van der Waals surface area (Å²) in [6.07, 6.45) is 1.64. The molecule has 0 bridgehead atoms. The topological polar surface area (TPSA) is 47.2 Å². The maximum Gasteiger partial charge on any atom is 0.252 e. The molecule has 0 aliphatic carbocycles. The van der Waals surface area contributed by atoms with Crippen LogP contribution in [0.25, 0.3) is 0 Å². The zero-order valence-electron chi connectivity index (χ0n) is 11.6. The second-order valence-electron chi connectivity index (χ2n) is 4.76. The van der Waals surface area contributed by atoms with Crippen molar-refractivity contribution >= 4 is 40.9 Å². The molecule has 1 unspecified atom stereocenters. The van der Waals surface area contributed by atoms with Gasteiger partial charge in [0.2, 0.25) is 5.88 Å². The van der Waals surface area contributed by atoms with Crippen LogP contribution in [0, 0.1) is 0 Å². The van der Waals surface area contributed by atoms with Crippen LogP contribution in [-0.4, -0.2) is 17.5 Å². The molecule has 118 valence electrons. The van der Waals surface area contributed by atoms with Gasteiger partial charge >= 0.3 is 0 Å². The minimum absolute atomic E-state index is 0.0587. The standard InChI is InChI=1S/C15H10Cl2N2O3S/c16-9-3-4-11(10(17)6-9)21-7-13-18-19-14(22-13)8-23-15(19)12-2-1-5-20-12/h1-6,8,15H,7H2. The third-order valence-corrected chi connectivity index (χ3v) is 4.78. The van der Waals surface area contributed by atoms with E-state index in [4.69, 9.17) is 37.1 Å². The summed E-state index contributed by atoms with van der Waals surface area (Å²) in [6, 6.07) is 8.81. The van der Waals surface area contributed by atoms with Crippen molar-refractivity contribution in [3.05, 3.63) is 63.7 Å². The van der Waals surface area contributed by atoms with Gasteiger partial charge in [0, 0.05) is 10.4 Å². The Labute approximate surface area is 146 Å². The molecule has 1 aromatic carbocycles. The molecule has 0 N–H and O–H groups in total. The minimum Gasteiger partial charge on any atom is -0.482 e. The lowest BCUT2D eigenvalue weighted by atomic mass is 10.3. The molecule has 8 heteroatoms. The first kappa shape index (κ1) is 14.8. The molecule has 0 saturated carbocycles. The SMILES string of the molecule is Clc1ccc(OCC2=NN3C(=CSC3c3ccco3)O2)c(Cl)c1. The number of benzene rings is 1. The Balaban J connectivity index is 1.45. The average molecular weight is 369 g/mol. The Morgan fingerprint density at radius 1 is 1.30 bits per heavy atom. The number of hydrogen-bond acceptors (Lipinski definition) is 6. The van der Waals surface area contributed by atoms with Crippen molar-refractivity contribution in [1.29, 1.82) is 0 Å². The lowest BCUT2D eigenvalue weighted by Gasteiger charge is -2.14. The fourth-order valence-corrected chi connectivity index (χ4v) is 3.59. The molecule has 5 nitrogen and oxygen atoms in total. The number of halogens is 2. The Morgan fingerprint density at radius 3 is 3.00 bits per heavy atom. The fraction of sp³-hybridized carbons (Fsp3) is 0.133. The van der Waals surface area contributed by atoms with Crippen LogP contribution < -0.4 is 4.74 Å². The molecule has 1 aromatic heterocycles. The molecule has 3 heterocycles. The Bertz CT molecular complexity index is 792. The Kier molecular flexibility index (Phi) is 3.88. The van der Waals surface area contributed by atoms with Gasteiger partial charge in [-0.2, -0.15) is 0 Å². The molecule has 0 spiro atoms. The lowest BCUT2D eigenvalue weighted by molar-refractivity contribution is 0.241.